The average molecular weight is 216 g/mol. The summed E-state index contributed by atoms with van der Waals surface area (Å²) in [6, 6.07) is 3.94. The second-order valence-electron chi connectivity index (χ2n) is 4.55. The third-order valence-electron chi connectivity index (χ3n) is 3.41. The van der Waals surface area contributed by atoms with Crippen LogP contribution in [-0.2, 0) is 13.0 Å². The number of nitrogens with zero attached hydrogens (tertiary/aromatic N) is 2. The fraction of sp³-hybridized carbons (Fsp3) is 0.462. The van der Waals surface area contributed by atoms with Crippen LogP contribution in [0, 0.1) is 0 Å². The SMILES string of the molecule is CC1CCCn2c1cnc2Cc1ccco1. The number of aromatic nitrogens is 2. The summed E-state index contributed by atoms with van der Waals surface area (Å²) in [5.74, 6) is 2.77. The van der Waals surface area contributed by atoms with E-state index in [1.807, 2.05) is 18.3 Å². The molecular weight excluding hydrogens is 200 g/mol. The van der Waals surface area contributed by atoms with E-state index in [1.165, 1.54) is 18.5 Å². The Balaban J connectivity index is 1.91. The summed E-state index contributed by atoms with van der Waals surface area (Å²) in [6.45, 7) is 3.39. The molecular formula is C13H16N2O. The number of furan rings is 1. The van der Waals surface area contributed by atoms with Gasteiger partial charge in [0.25, 0.3) is 0 Å². The van der Waals surface area contributed by atoms with E-state index in [2.05, 4.69) is 16.5 Å². The molecule has 0 aliphatic carbocycles. The third kappa shape index (κ3) is 1.56. The molecule has 0 amide bonds. The van der Waals surface area contributed by atoms with Gasteiger partial charge in [-0.15, -0.1) is 0 Å². The quantitative estimate of drug-likeness (QED) is 0.772. The minimum Gasteiger partial charge on any atom is -0.469 e. The first-order valence-electron chi connectivity index (χ1n) is 5.91. The predicted molar refractivity (Wildman–Crippen MR) is 61.4 cm³/mol. The molecule has 3 heterocycles. The Bertz CT molecular complexity index is 470. The zero-order chi connectivity index (χ0) is 11.0. The second kappa shape index (κ2) is 3.81. The minimum atomic E-state index is 0.645. The molecule has 0 spiro atoms. The number of fused-ring (bicyclic) bond motifs is 1. The van der Waals surface area contributed by atoms with Crippen LogP contribution in [0.15, 0.2) is 29.0 Å². The van der Waals surface area contributed by atoms with Crippen LogP contribution in [0.1, 0.15) is 43.0 Å². The number of hydrogen-bond acceptors (Lipinski definition) is 2. The maximum absolute atomic E-state index is 5.37. The van der Waals surface area contributed by atoms with E-state index >= 15 is 0 Å². The summed E-state index contributed by atoms with van der Waals surface area (Å²) >= 11 is 0. The Hall–Kier alpha value is -1.51. The van der Waals surface area contributed by atoms with Gasteiger partial charge >= 0.3 is 0 Å². The number of imidazole rings is 1. The molecule has 0 saturated heterocycles. The summed E-state index contributed by atoms with van der Waals surface area (Å²) in [6.07, 6.45) is 7.10. The molecule has 1 atom stereocenters. The fourth-order valence-corrected chi connectivity index (χ4v) is 2.49. The average Bonchev–Trinajstić information content (AvgIpc) is 2.90. The lowest BCUT2D eigenvalue weighted by Crippen LogP contribution is -2.15. The Morgan fingerprint density at radius 3 is 3.31 bits per heavy atom. The molecule has 0 N–H and O–H groups in total. The van der Waals surface area contributed by atoms with Crippen molar-refractivity contribution in [1.82, 2.24) is 9.55 Å². The van der Waals surface area contributed by atoms with Crippen LogP contribution in [0.25, 0.3) is 0 Å². The lowest BCUT2D eigenvalue weighted by molar-refractivity contribution is 0.456. The smallest absolute Gasteiger partial charge is 0.116 e. The maximum Gasteiger partial charge on any atom is 0.116 e. The van der Waals surface area contributed by atoms with Crippen LogP contribution in [0.3, 0.4) is 0 Å². The van der Waals surface area contributed by atoms with Gasteiger partial charge in [0.2, 0.25) is 0 Å². The third-order valence-corrected chi connectivity index (χ3v) is 3.41. The van der Waals surface area contributed by atoms with Gasteiger partial charge in [-0.3, -0.25) is 0 Å². The molecule has 1 unspecified atom stereocenters. The first kappa shape index (κ1) is 9.70. The highest BCUT2D eigenvalue weighted by Gasteiger charge is 2.20. The monoisotopic (exact) mass is 216 g/mol. The van der Waals surface area contributed by atoms with Crippen molar-refractivity contribution in [3.8, 4) is 0 Å². The summed E-state index contributed by atoms with van der Waals surface area (Å²) in [5, 5.41) is 0. The Morgan fingerprint density at radius 2 is 2.50 bits per heavy atom. The lowest BCUT2D eigenvalue weighted by atomic mass is 9.99. The van der Waals surface area contributed by atoms with E-state index in [0.29, 0.717) is 5.92 Å². The van der Waals surface area contributed by atoms with Crippen molar-refractivity contribution < 1.29 is 4.42 Å². The lowest BCUT2D eigenvalue weighted by Gasteiger charge is -2.21. The molecule has 0 saturated carbocycles. The molecule has 84 valence electrons. The van der Waals surface area contributed by atoms with Crippen molar-refractivity contribution in [3.63, 3.8) is 0 Å². The van der Waals surface area contributed by atoms with E-state index in [-0.39, 0.29) is 0 Å². The van der Waals surface area contributed by atoms with Crippen molar-refractivity contribution in [3.05, 3.63) is 41.9 Å². The molecule has 3 heteroatoms. The molecule has 0 aromatic carbocycles. The van der Waals surface area contributed by atoms with Crippen molar-refractivity contribution >= 4 is 0 Å². The molecule has 1 aliphatic heterocycles. The summed E-state index contributed by atoms with van der Waals surface area (Å²) in [5.41, 5.74) is 1.38. The van der Waals surface area contributed by atoms with E-state index in [9.17, 15) is 0 Å². The maximum atomic E-state index is 5.37. The zero-order valence-corrected chi connectivity index (χ0v) is 9.52. The molecule has 2 aromatic rings. The normalized spacial score (nSPS) is 19.7. The highest BCUT2D eigenvalue weighted by Crippen LogP contribution is 2.28. The van der Waals surface area contributed by atoms with Gasteiger partial charge in [0.1, 0.15) is 11.6 Å². The van der Waals surface area contributed by atoms with Crippen LogP contribution in [-0.4, -0.2) is 9.55 Å². The largest absolute Gasteiger partial charge is 0.469 e. The topological polar surface area (TPSA) is 31.0 Å². The summed E-state index contributed by atoms with van der Waals surface area (Å²) in [4.78, 5) is 4.53. The van der Waals surface area contributed by atoms with Crippen molar-refractivity contribution in [2.24, 2.45) is 0 Å². The van der Waals surface area contributed by atoms with E-state index < -0.39 is 0 Å². The molecule has 1 aliphatic rings. The van der Waals surface area contributed by atoms with Crippen LogP contribution in [0.2, 0.25) is 0 Å². The highest BCUT2D eigenvalue weighted by molar-refractivity contribution is 5.16. The highest BCUT2D eigenvalue weighted by atomic mass is 16.3. The van der Waals surface area contributed by atoms with Crippen molar-refractivity contribution in [1.29, 1.82) is 0 Å². The van der Waals surface area contributed by atoms with E-state index in [1.54, 1.807) is 6.26 Å². The second-order valence-corrected chi connectivity index (χ2v) is 4.55. The molecule has 16 heavy (non-hydrogen) atoms. The van der Waals surface area contributed by atoms with Gasteiger partial charge in [-0.05, 0) is 30.9 Å². The van der Waals surface area contributed by atoms with E-state index in [0.717, 1.165) is 24.6 Å². The molecule has 0 fully saturated rings. The first-order valence-corrected chi connectivity index (χ1v) is 5.91. The number of rotatable bonds is 2. The van der Waals surface area contributed by atoms with Gasteiger partial charge in [-0.25, -0.2) is 4.98 Å². The molecule has 0 bridgehead atoms. The van der Waals surface area contributed by atoms with E-state index in [4.69, 9.17) is 4.42 Å². The van der Waals surface area contributed by atoms with Crippen molar-refractivity contribution in [2.75, 3.05) is 0 Å². The predicted octanol–water partition coefficient (Wildman–Crippen LogP) is 2.96. The number of hydrogen-bond donors (Lipinski definition) is 0. The van der Waals surface area contributed by atoms with Crippen LogP contribution >= 0.6 is 0 Å². The van der Waals surface area contributed by atoms with Crippen LogP contribution in [0.5, 0.6) is 0 Å². The summed E-state index contributed by atoms with van der Waals surface area (Å²) < 4.78 is 7.73. The van der Waals surface area contributed by atoms with Crippen LogP contribution < -0.4 is 0 Å². The van der Waals surface area contributed by atoms with Gasteiger partial charge in [-0.2, -0.15) is 0 Å². The molecule has 3 rings (SSSR count). The van der Waals surface area contributed by atoms with Gasteiger partial charge in [-0.1, -0.05) is 6.92 Å². The van der Waals surface area contributed by atoms with Crippen molar-refractivity contribution in [2.45, 2.75) is 38.6 Å². The van der Waals surface area contributed by atoms with Gasteiger partial charge in [0, 0.05) is 18.4 Å². The minimum absolute atomic E-state index is 0.645. The van der Waals surface area contributed by atoms with Gasteiger partial charge in [0.05, 0.1) is 12.7 Å². The fourth-order valence-electron chi connectivity index (χ4n) is 2.49. The Kier molecular flexibility index (Phi) is 2.31. The molecule has 3 nitrogen and oxygen atoms in total. The Labute approximate surface area is 95.1 Å². The van der Waals surface area contributed by atoms with Gasteiger partial charge in [0.15, 0.2) is 0 Å². The molecule has 2 aromatic heterocycles. The van der Waals surface area contributed by atoms with Gasteiger partial charge < -0.3 is 8.98 Å². The molecule has 0 radical (unpaired) electrons. The summed E-state index contributed by atoms with van der Waals surface area (Å²) in [7, 11) is 0. The first-order chi connectivity index (χ1) is 7.84. The standard InChI is InChI=1S/C13H16N2O/c1-10-4-2-6-15-12(10)9-14-13(15)8-11-5-3-7-16-11/h3,5,7,9-10H,2,4,6,8H2,1H3. The zero-order valence-electron chi connectivity index (χ0n) is 9.52. The Morgan fingerprint density at radius 1 is 1.56 bits per heavy atom. The van der Waals surface area contributed by atoms with Crippen LogP contribution in [0.4, 0.5) is 0 Å².